The van der Waals surface area contributed by atoms with Crippen molar-refractivity contribution in [3.05, 3.63) is 60.7 Å². The lowest BCUT2D eigenvalue weighted by Gasteiger charge is -2.25. The minimum absolute atomic E-state index is 0.866. The standard InChI is InChI=1S/C58H78N8S5/c1-5-9-13-17-21-25-39-65(40-26-22-18-14-10-6-2)45-33-29-43(30-34-45)51-59-55-57(67-51)61-53(69-55)47-37-38-48(50-49(47)63-71-64-50)54-62-58-56(70-54)60-52(68-58)44-31-35-46(36-32-44)66(41-27-23-19-15-11-7-3)42-28-24-20-16-12-8-4/h29-38H,5-28,39-42H2,1-4H3. The van der Waals surface area contributed by atoms with Gasteiger partial charge < -0.3 is 9.80 Å². The van der Waals surface area contributed by atoms with Crippen molar-refractivity contribution in [1.82, 2.24) is 28.7 Å². The molecule has 0 saturated heterocycles. The van der Waals surface area contributed by atoms with Crippen LogP contribution in [0.1, 0.15) is 182 Å². The third-order valence-electron chi connectivity index (χ3n) is 13.9. The van der Waals surface area contributed by atoms with Gasteiger partial charge in [-0.15, -0.1) is 0 Å². The lowest BCUT2D eigenvalue weighted by molar-refractivity contribution is 0.575. The van der Waals surface area contributed by atoms with Gasteiger partial charge in [-0.3, -0.25) is 0 Å². The molecule has 0 radical (unpaired) electrons. The van der Waals surface area contributed by atoms with Crippen molar-refractivity contribution in [3.63, 3.8) is 0 Å². The maximum Gasteiger partial charge on any atom is 0.155 e. The topological polar surface area (TPSA) is 83.8 Å². The number of anilines is 2. The molecule has 0 unspecified atom stereocenters. The lowest BCUT2D eigenvalue weighted by Crippen LogP contribution is -2.25. The van der Waals surface area contributed by atoms with Crippen LogP contribution in [0.4, 0.5) is 11.4 Å². The Morgan fingerprint density at radius 3 is 0.930 bits per heavy atom. The van der Waals surface area contributed by atoms with Crippen LogP contribution in [0.15, 0.2) is 60.7 Å². The summed E-state index contributed by atoms with van der Waals surface area (Å²) in [5.74, 6) is 0. The van der Waals surface area contributed by atoms with Gasteiger partial charge in [0.05, 0.1) is 11.7 Å². The summed E-state index contributed by atoms with van der Waals surface area (Å²) in [6.07, 6.45) is 31.8. The molecule has 3 aromatic carbocycles. The number of rotatable bonds is 34. The maximum atomic E-state index is 5.14. The van der Waals surface area contributed by atoms with Crippen LogP contribution in [0.3, 0.4) is 0 Å². The Morgan fingerprint density at radius 2 is 0.606 bits per heavy atom. The highest BCUT2D eigenvalue weighted by atomic mass is 32.1. The van der Waals surface area contributed by atoms with Crippen LogP contribution in [-0.4, -0.2) is 54.9 Å². The van der Waals surface area contributed by atoms with Crippen LogP contribution in [0.2, 0.25) is 0 Å². The summed E-state index contributed by atoms with van der Waals surface area (Å²) in [4.78, 5) is 29.6. The number of nitrogens with zero attached hydrogens (tertiary/aromatic N) is 8. The molecule has 0 spiro atoms. The molecule has 5 heterocycles. The van der Waals surface area contributed by atoms with Gasteiger partial charge in [-0.25, -0.2) is 19.9 Å². The number of aromatic nitrogens is 6. The lowest BCUT2D eigenvalue weighted by atomic mass is 10.1. The summed E-state index contributed by atoms with van der Waals surface area (Å²) in [6, 6.07) is 22.6. The minimum Gasteiger partial charge on any atom is -0.372 e. The second-order valence-electron chi connectivity index (χ2n) is 19.6. The molecule has 0 aliphatic heterocycles. The van der Waals surface area contributed by atoms with Gasteiger partial charge in [-0.05, 0) is 86.3 Å². The number of benzene rings is 3. The SMILES string of the molecule is CCCCCCCCN(CCCCCCCC)c1ccc(-c2nc3sc(-c4ccc(-c5nc6sc(-c7ccc(N(CCCCCCCC)CCCCCCCC)cc7)nc6s5)c5nsnc45)nc3s2)cc1. The third-order valence-corrected chi connectivity index (χ3v) is 18.7. The molecular weight excluding hydrogens is 969 g/mol. The second-order valence-corrected chi connectivity index (χ2v) is 24.0. The average Bonchev–Trinajstić information content (AvgIpc) is 4.25. The smallest absolute Gasteiger partial charge is 0.155 e. The van der Waals surface area contributed by atoms with Crippen LogP contribution < -0.4 is 9.80 Å². The first-order valence-electron chi connectivity index (χ1n) is 27.6. The van der Waals surface area contributed by atoms with Gasteiger partial charge in [0.25, 0.3) is 0 Å². The Balaban J connectivity index is 0.913. The fourth-order valence-electron chi connectivity index (χ4n) is 9.67. The van der Waals surface area contributed by atoms with E-state index >= 15 is 0 Å². The molecule has 0 fully saturated rings. The van der Waals surface area contributed by atoms with Gasteiger partial charge in [0.2, 0.25) is 0 Å². The summed E-state index contributed by atoms with van der Waals surface area (Å²) < 4.78 is 9.61. The van der Waals surface area contributed by atoms with E-state index in [0.29, 0.717) is 0 Å². The molecule has 0 aliphatic rings. The fourth-order valence-corrected chi connectivity index (χ4v) is 14.4. The Hall–Kier alpha value is -3.88. The predicted octanol–water partition coefficient (Wildman–Crippen LogP) is 19.5. The number of fused-ring (bicyclic) bond motifs is 3. The Bertz CT molecular complexity index is 2480. The molecule has 8 aromatic rings. The molecule has 8 nitrogen and oxygen atoms in total. The van der Waals surface area contributed by atoms with E-state index in [1.165, 1.54) is 177 Å². The van der Waals surface area contributed by atoms with Gasteiger partial charge >= 0.3 is 0 Å². The van der Waals surface area contributed by atoms with Crippen LogP contribution in [0.5, 0.6) is 0 Å². The van der Waals surface area contributed by atoms with Gasteiger partial charge in [0, 0.05) is 59.8 Å². The Labute approximate surface area is 445 Å². The first-order valence-corrected chi connectivity index (χ1v) is 31.6. The van der Waals surface area contributed by atoms with Crippen LogP contribution >= 0.6 is 57.1 Å². The Kier molecular flexibility index (Phi) is 21.5. The average molecular weight is 1050 g/mol. The number of hydrogen-bond acceptors (Lipinski definition) is 13. The molecule has 380 valence electrons. The molecule has 0 bridgehead atoms. The molecular formula is C58H78N8S5. The zero-order valence-electron chi connectivity index (χ0n) is 43.2. The summed E-state index contributed by atoms with van der Waals surface area (Å²) in [6.45, 7) is 13.7. The Morgan fingerprint density at radius 1 is 0.324 bits per heavy atom. The van der Waals surface area contributed by atoms with Gasteiger partial charge in [-0.1, -0.05) is 201 Å². The largest absolute Gasteiger partial charge is 0.372 e. The van der Waals surface area contributed by atoms with E-state index in [0.717, 1.165) is 98.8 Å². The van der Waals surface area contributed by atoms with Gasteiger partial charge in [-0.2, -0.15) is 8.75 Å². The molecule has 13 heteroatoms. The summed E-state index contributed by atoms with van der Waals surface area (Å²) >= 11 is 7.87. The molecule has 0 saturated carbocycles. The molecule has 0 amide bonds. The van der Waals surface area contributed by atoms with E-state index in [1.807, 2.05) is 0 Å². The van der Waals surface area contributed by atoms with Crippen molar-refractivity contribution in [1.29, 1.82) is 0 Å². The third kappa shape index (κ3) is 14.9. The highest BCUT2D eigenvalue weighted by molar-refractivity contribution is 7.30. The van der Waals surface area contributed by atoms with Crippen molar-refractivity contribution in [2.75, 3.05) is 36.0 Å². The minimum atomic E-state index is 0.866. The van der Waals surface area contributed by atoms with E-state index < -0.39 is 0 Å². The van der Waals surface area contributed by atoms with Crippen LogP contribution in [0, 0.1) is 0 Å². The summed E-state index contributed by atoms with van der Waals surface area (Å²) in [5.41, 5.74) is 8.69. The van der Waals surface area contributed by atoms with Crippen LogP contribution in [-0.2, 0) is 0 Å². The number of thiazole rings is 4. The van der Waals surface area contributed by atoms with Crippen molar-refractivity contribution in [3.8, 4) is 42.3 Å². The normalized spacial score (nSPS) is 11.8. The van der Waals surface area contributed by atoms with E-state index in [1.54, 1.807) is 45.3 Å². The van der Waals surface area contributed by atoms with Crippen molar-refractivity contribution >= 4 is 98.8 Å². The number of hydrogen-bond donors (Lipinski definition) is 0. The first kappa shape index (κ1) is 53.4. The molecule has 0 atom stereocenters. The van der Waals surface area contributed by atoms with Crippen molar-refractivity contribution < 1.29 is 0 Å². The van der Waals surface area contributed by atoms with E-state index in [2.05, 4.69) is 98.2 Å². The van der Waals surface area contributed by atoms with E-state index in [4.69, 9.17) is 28.7 Å². The molecule has 8 rings (SSSR count). The van der Waals surface area contributed by atoms with Crippen molar-refractivity contribution in [2.45, 2.75) is 182 Å². The zero-order valence-corrected chi connectivity index (χ0v) is 47.3. The van der Waals surface area contributed by atoms with Crippen molar-refractivity contribution in [2.24, 2.45) is 0 Å². The monoisotopic (exact) mass is 1050 g/mol. The maximum absolute atomic E-state index is 5.14. The second kappa shape index (κ2) is 28.5. The van der Waals surface area contributed by atoms with Gasteiger partial charge in [0.15, 0.2) is 19.3 Å². The quantitative estimate of drug-likeness (QED) is 0.0369. The molecule has 71 heavy (non-hydrogen) atoms. The van der Waals surface area contributed by atoms with E-state index in [-0.39, 0.29) is 0 Å². The highest BCUT2D eigenvalue weighted by Gasteiger charge is 2.22. The highest BCUT2D eigenvalue weighted by Crippen LogP contribution is 2.43. The van der Waals surface area contributed by atoms with Crippen LogP contribution in [0.25, 0.3) is 72.6 Å². The molecule has 0 aliphatic carbocycles. The first-order chi connectivity index (χ1) is 35.1. The zero-order chi connectivity index (χ0) is 49.0. The van der Waals surface area contributed by atoms with Gasteiger partial charge in [0.1, 0.15) is 31.1 Å². The molecule has 5 aromatic heterocycles. The fraction of sp³-hybridized carbons (Fsp3) is 0.552. The summed E-state index contributed by atoms with van der Waals surface area (Å²) in [5, 5.41) is 3.89. The summed E-state index contributed by atoms with van der Waals surface area (Å²) in [7, 11) is 0. The predicted molar refractivity (Wildman–Crippen MR) is 315 cm³/mol. The number of unbranched alkanes of at least 4 members (excludes halogenated alkanes) is 20. The molecule has 0 N–H and O–H groups in total. The van der Waals surface area contributed by atoms with E-state index in [9.17, 15) is 0 Å².